The number of carbonyl (C=O) groups is 1. The molecule has 0 atom stereocenters. The van der Waals surface area contributed by atoms with Crippen LogP contribution in [0.2, 0.25) is 0 Å². The fraction of sp³-hybridized carbons (Fsp3) is 0.600. The molecule has 0 spiro atoms. The van der Waals surface area contributed by atoms with Crippen molar-refractivity contribution in [1.29, 1.82) is 0 Å². The zero-order valence-corrected chi connectivity index (χ0v) is 18.5. The van der Waals surface area contributed by atoms with Crippen molar-refractivity contribution in [2.75, 3.05) is 19.6 Å². The minimum absolute atomic E-state index is 0.0245. The van der Waals surface area contributed by atoms with Gasteiger partial charge < -0.3 is 9.47 Å². The first kappa shape index (κ1) is 20.9. The SMILES string of the molecule is Cc1cc(C(=O)N2CCn3c(nnc3C3CCN(S(=O)(=O)C(C)C)CC3)C2)ccn1. The molecule has 1 fully saturated rings. The summed E-state index contributed by atoms with van der Waals surface area (Å²) in [5, 5.41) is 8.37. The van der Waals surface area contributed by atoms with Gasteiger partial charge in [-0.05, 0) is 45.7 Å². The number of carbonyl (C=O) groups excluding carboxylic acids is 1. The van der Waals surface area contributed by atoms with E-state index in [9.17, 15) is 13.2 Å². The molecule has 4 heterocycles. The van der Waals surface area contributed by atoms with Crippen LogP contribution in [0.25, 0.3) is 0 Å². The third-order valence-corrected chi connectivity index (χ3v) is 8.26. The first-order chi connectivity index (χ1) is 14.3. The van der Waals surface area contributed by atoms with Crippen LogP contribution >= 0.6 is 0 Å². The van der Waals surface area contributed by atoms with Crippen LogP contribution in [0.3, 0.4) is 0 Å². The minimum Gasteiger partial charge on any atom is -0.329 e. The lowest BCUT2D eigenvalue weighted by Gasteiger charge is -2.33. The molecule has 0 aromatic carbocycles. The number of piperidine rings is 1. The summed E-state index contributed by atoms with van der Waals surface area (Å²) in [6, 6.07) is 3.53. The smallest absolute Gasteiger partial charge is 0.254 e. The Morgan fingerprint density at radius 2 is 1.87 bits per heavy atom. The number of hydrogen-bond donors (Lipinski definition) is 0. The molecule has 0 unspecified atom stereocenters. The van der Waals surface area contributed by atoms with Gasteiger partial charge >= 0.3 is 0 Å². The van der Waals surface area contributed by atoms with Crippen molar-refractivity contribution in [3.63, 3.8) is 0 Å². The normalized spacial score (nSPS) is 18.6. The molecule has 0 radical (unpaired) electrons. The lowest BCUT2D eigenvalue weighted by molar-refractivity contribution is 0.0705. The quantitative estimate of drug-likeness (QED) is 0.727. The van der Waals surface area contributed by atoms with Gasteiger partial charge in [-0.25, -0.2) is 12.7 Å². The molecule has 162 valence electrons. The summed E-state index contributed by atoms with van der Waals surface area (Å²) in [6.07, 6.45) is 3.13. The molecule has 1 amide bonds. The molecule has 0 bridgehead atoms. The van der Waals surface area contributed by atoms with E-state index in [4.69, 9.17) is 0 Å². The van der Waals surface area contributed by atoms with Crippen molar-refractivity contribution in [2.24, 2.45) is 0 Å². The second-order valence-corrected chi connectivity index (χ2v) is 10.8. The Labute approximate surface area is 177 Å². The Morgan fingerprint density at radius 3 is 2.53 bits per heavy atom. The van der Waals surface area contributed by atoms with Crippen LogP contribution in [-0.4, -0.2) is 68.2 Å². The number of amides is 1. The molecule has 0 N–H and O–H groups in total. The largest absolute Gasteiger partial charge is 0.329 e. The topological polar surface area (TPSA) is 101 Å². The van der Waals surface area contributed by atoms with Gasteiger partial charge in [0.2, 0.25) is 10.0 Å². The Kier molecular flexibility index (Phi) is 5.63. The fourth-order valence-electron chi connectivity index (χ4n) is 4.18. The molecule has 9 nitrogen and oxygen atoms in total. The lowest BCUT2D eigenvalue weighted by Crippen LogP contribution is -2.42. The van der Waals surface area contributed by atoms with Crippen LogP contribution in [0.4, 0.5) is 0 Å². The Morgan fingerprint density at radius 1 is 1.13 bits per heavy atom. The fourth-order valence-corrected chi connectivity index (χ4v) is 5.50. The molecule has 30 heavy (non-hydrogen) atoms. The average molecular weight is 433 g/mol. The molecule has 1 saturated heterocycles. The molecule has 4 rings (SSSR count). The lowest BCUT2D eigenvalue weighted by atomic mass is 9.97. The number of hydrogen-bond acceptors (Lipinski definition) is 6. The van der Waals surface area contributed by atoms with E-state index in [0.29, 0.717) is 38.3 Å². The van der Waals surface area contributed by atoms with Gasteiger partial charge in [0.15, 0.2) is 5.82 Å². The second-order valence-electron chi connectivity index (χ2n) is 8.31. The number of rotatable bonds is 4. The summed E-state index contributed by atoms with van der Waals surface area (Å²) < 4.78 is 28.5. The van der Waals surface area contributed by atoms with Crippen molar-refractivity contribution in [3.8, 4) is 0 Å². The predicted molar refractivity (Wildman–Crippen MR) is 111 cm³/mol. The average Bonchev–Trinajstić information content (AvgIpc) is 3.16. The third kappa shape index (κ3) is 3.85. The van der Waals surface area contributed by atoms with Gasteiger partial charge in [-0.2, -0.15) is 0 Å². The highest BCUT2D eigenvalue weighted by Crippen LogP contribution is 2.30. The number of pyridine rings is 1. The monoisotopic (exact) mass is 432 g/mol. The van der Waals surface area contributed by atoms with Crippen LogP contribution in [0.15, 0.2) is 18.3 Å². The van der Waals surface area contributed by atoms with E-state index >= 15 is 0 Å². The summed E-state index contributed by atoms with van der Waals surface area (Å²) in [5.41, 5.74) is 1.45. The molecule has 10 heteroatoms. The van der Waals surface area contributed by atoms with Gasteiger partial charge in [-0.15, -0.1) is 10.2 Å². The molecule has 2 aromatic rings. The van der Waals surface area contributed by atoms with E-state index in [1.165, 1.54) is 0 Å². The number of sulfonamides is 1. The van der Waals surface area contributed by atoms with E-state index in [-0.39, 0.29) is 11.8 Å². The highest BCUT2D eigenvalue weighted by atomic mass is 32.2. The molecule has 0 aliphatic carbocycles. The van der Waals surface area contributed by atoms with Crippen LogP contribution in [0.1, 0.15) is 60.3 Å². The van der Waals surface area contributed by atoms with Gasteiger partial charge in [-0.1, -0.05) is 0 Å². The summed E-state index contributed by atoms with van der Waals surface area (Å²) in [5.74, 6) is 1.87. The van der Waals surface area contributed by atoms with Crippen molar-refractivity contribution < 1.29 is 13.2 Å². The summed E-state index contributed by atoms with van der Waals surface area (Å²) in [6.45, 7) is 8.00. The number of aryl methyl sites for hydroxylation is 1. The maximum atomic E-state index is 12.8. The molecular weight excluding hydrogens is 404 g/mol. The minimum atomic E-state index is -3.21. The number of fused-ring (bicyclic) bond motifs is 1. The Bertz CT molecular complexity index is 1040. The summed E-state index contributed by atoms with van der Waals surface area (Å²) in [7, 11) is -3.21. The highest BCUT2D eigenvalue weighted by Gasteiger charge is 2.34. The van der Waals surface area contributed by atoms with Gasteiger partial charge in [-0.3, -0.25) is 9.78 Å². The molecule has 2 aromatic heterocycles. The Balaban J connectivity index is 1.44. The summed E-state index contributed by atoms with van der Waals surface area (Å²) >= 11 is 0. The standard InChI is InChI=1S/C20H28N6O3S/c1-14(2)30(28,29)25-8-5-16(6-9-25)19-23-22-18-13-24(10-11-26(18)19)20(27)17-4-7-21-15(3)12-17/h4,7,12,14,16H,5-6,8-11,13H2,1-3H3. The van der Waals surface area contributed by atoms with Crippen molar-refractivity contribution in [2.45, 2.75) is 57.9 Å². The molecule has 0 saturated carbocycles. The third-order valence-electron chi connectivity index (χ3n) is 5.99. The summed E-state index contributed by atoms with van der Waals surface area (Å²) in [4.78, 5) is 18.8. The predicted octanol–water partition coefficient (Wildman–Crippen LogP) is 1.56. The second kappa shape index (κ2) is 8.07. The zero-order chi connectivity index (χ0) is 21.5. The van der Waals surface area contributed by atoms with Gasteiger partial charge in [0.25, 0.3) is 5.91 Å². The highest BCUT2D eigenvalue weighted by molar-refractivity contribution is 7.89. The van der Waals surface area contributed by atoms with Gasteiger partial charge in [0, 0.05) is 49.6 Å². The molecular formula is C20H28N6O3S. The van der Waals surface area contributed by atoms with E-state index < -0.39 is 15.3 Å². The van der Waals surface area contributed by atoms with Crippen LogP contribution in [0.5, 0.6) is 0 Å². The van der Waals surface area contributed by atoms with E-state index in [2.05, 4.69) is 19.7 Å². The van der Waals surface area contributed by atoms with Crippen molar-refractivity contribution >= 4 is 15.9 Å². The Hall–Kier alpha value is -2.33. The van der Waals surface area contributed by atoms with Crippen molar-refractivity contribution in [3.05, 3.63) is 41.2 Å². The first-order valence-corrected chi connectivity index (χ1v) is 11.9. The van der Waals surface area contributed by atoms with Crippen molar-refractivity contribution in [1.82, 2.24) is 29.0 Å². The van der Waals surface area contributed by atoms with Gasteiger partial charge in [0.05, 0.1) is 11.8 Å². The zero-order valence-electron chi connectivity index (χ0n) is 17.7. The van der Waals surface area contributed by atoms with E-state index in [0.717, 1.165) is 30.2 Å². The number of nitrogens with zero attached hydrogens (tertiary/aromatic N) is 6. The first-order valence-electron chi connectivity index (χ1n) is 10.4. The molecule has 2 aliphatic heterocycles. The van der Waals surface area contributed by atoms with Crippen LogP contribution in [0, 0.1) is 6.92 Å². The van der Waals surface area contributed by atoms with E-state index in [1.54, 1.807) is 41.4 Å². The maximum Gasteiger partial charge on any atom is 0.254 e. The van der Waals surface area contributed by atoms with Gasteiger partial charge in [0.1, 0.15) is 5.82 Å². The van der Waals surface area contributed by atoms with Crippen LogP contribution in [-0.2, 0) is 23.1 Å². The van der Waals surface area contributed by atoms with Crippen LogP contribution < -0.4 is 0 Å². The van der Waals surface area contributed by atoms with E-state index in [1.807, 2.05) is 6.92 Å². The molecule has 2 aliphatic rings. The number of aromatic nitrogens is 4. The maximum absolute atomic E-state index is 12.8.